The summed E-state index contributed by atoms with van der Waals surface area (Å²) in [4.78, 5) is 12.2. The monoisotopic (exact) mass is 267 g/mol. The van der Waals surface area contributed by atoms with E-state index < -0.39 is 0 Å². The Morgan fingerprint density at radius 1 is 1.39 bits per heavy atom. The number of ketones is 1. The molecule has 0 aliphatic rings. The molecule has 0 bridgehead atoms. The van der Waals surface area contributed by atoms with Crippen LogP contribution in [0.1, 0.15) is 56.3 Å². The first-order chi connectivity index (χ1) is 8.58. The van der Waals surface area contributed by atoms with Crippen molar-refractivity contribution in [2.24, 2.45) is 5.92 Å². The first kappa shape index (κ1) is 15.0. The fourth-order valence-corrected chi connectivity index (χ4v) is 2.28. The Balaban J connectivity index is 2.68. The number of benzene rings is 1. The van der Waals surface area contributed by atoms with Gasteiger partial charge in [0.25, 0.3) is 0 Å². The van der Waals surface area contributed by atoms with Crippen molar-refractivity contribution in [2.75, 3.05) is 5.73 Å². The zero-order chi connectivity index (χ0) is 13.5. The van der Waals surface area contributed by atoms with Crippen molar-refractivity contribution in [3.8, 4) is 0 Å². The van der Waals surface area contributed by atoms with E-state index in [1.165, 1.54) is 12.8 Å². The van der Waals surface area contributed by atoms with E-state index >= 15 is 0 Å². The van der Waals surface area contributed by atoms with E-state index in [0.29, 0.717) is 28.6 Å². The van der Waals surface area contributed by atoms with Crippen LogP contribution in [0.25, 0.3) is 0 Å². The topological polar surface area (TPSA) is 43.1 Å². The van der Waals surface area contributed by atoms with Crippen LogP contribution in [0.4, 0.5) is 5.69 Å². The molecule has 0 aromatic heterocycles. The molecule has 3 heteroatoms. The van der Waals surface area contributed by atoms with Gasteiger partial charge in [-0.25, -0.2) is 0 Å². The minimum atomic E-state index is 0.132. The van der Waals surface area contributed by atoms with Crippen LogP contribution in [0.2, 0.25) is 5.02 Å². The maximum absolute atomic E-state index is 12.2. The molecule has 0 saturated heterocycles. The first-order valence-corrected chi connectivity index (χ1v) is 7.04. The number of anilines is 1. The summed E-state index contributed by atoms with van der Waals surface area (Å²) in [7, 11) is 0. The number of nitrogens with two attached hydrogens (primary N) is 1. The number of carbonyl (C=O) groups is 1. The van der Waals surface area contributed by atoms with Gasteiger partial charge in [-0.3, -0.25) is 4.79 Å². The standard InChI is InChI=1S/C15H22ClNO/c1-3-5-6-11(4-2)9-15(18)13-8-7-12(16)10-14(13)17/h7-8,10-11H,3-6,9,17H2,1-2H3. The Labute approximate surface area is 115 Å². The third-order valence-corrected chi connectivity index (χ3v) is 3.57. The number of halogens is 1. The van der Waals surface area contributed by atoms with Gasteiger partial charge >= 0.3 is 0 Å². The molecular weight excluding hydrogens is 246 g/mol. The summed E-state index contributed by atoms with van der Waals surface area (Å²) in [6.45, 7) is 4.31. The molecule has 0 amide bonds. The van der Waals surface area contributed by atoms with E-state index in [1.807, 2.05) is 0 Å². The second kappa shape index (κ2) is 7.42. The molecule has 100 valence electrons. The fourth-order valence-electron chi connectivity index (χ4n) is 2.10. The van der Waals surface area contributed by atoms with Gasteiger partial charge in [0.15, 0.2) is 5.78 Å². The highest BCUT2D eigenvalue weighted by atomic mass is 35.5. The summed E-state index contributed by atoms with van der Waals surface area (Å²) >= 11 is 5.83. The van der Waals surface area contributed by atoms with Crippen LogP contribution < -0.4 is 5.73 Å². The lowest BCUT2D eigenvalue weighted by molar-refractivity contribution is 0.0958. The molecule has 1 aromatic carbocycles. The van der Waals surface area contributed by atoms with E-state index in [9.17, 15) is 4.79 Å². The molecule has 1 unspecified atom stereocenters. The molecule has 1 atom stereocenters. The molecule has 2 N–H and O–H groups in total. The molecule has 0 spiro atoms. The molecule has 18 heavy (non-hydrogen) atoms. The second-order valence-electron chi connectivity index (χ2n) is 4.78. The quantitative estimate of drug-likeness (QED) is 0.574. The zero-order valence-corrected chi connectivity index (χ0v) is 12.0. The second-order valence-corrected chi connectivity index (χ2v) is 5.21. The van der Waals surface area contributed by atoms with E-state index in [4.69, 9.17) is 17.3 Å². The summed E-state index contributed by atoms with van der Waals surface area (Å²) in [5, 5.41) is 0.571. The van der Waals surface area contributed by atoms with Gasteiger partial charge in [0.1, 0.15) is 0 Å². The number of unbranched alkanes of at least 4 members (excludes halogenated alkanes) is 1. The molecule has 0 aliphatic carbocycles. The van der Waals surface area contributed by atoms with E-state index in [-0.39, 0.29) is 5.78 Å². The molecule has 0 heterocycles. The highest BCUT2D eigenvalue weighted by Gasteiger charge is 2.15. The Morgan fingerprint density at radius 3 is 2.67 bits per heavy atom. The zero-order valence-electron chi connectivity index (χ0n) is 11.2. The highest BCUT2D eigenvalue weighted by molar-refractivity contribution is 6.31. The molecule has 0 aliphatic heterocycles. The van der Waals surface area contributed by atoms with Crippen molar-refractivity contribution in [2.45, 2.75) is 46.0 Å². The van der Waals surface area contributed by atoms with Gasteiger partial charge in [-0.2, -0.15) is 0 Å². The number of rotatable bonds is 7. The maximum Gasteiger partial charge on any atom is 0.165 e. The van der Waals surface area contributed by atoms with E-state index in [0.717, 1.165) is 12.8 Å². The van der Waals surface area contributed by atoms with E-state index in [1.54, 1.807) is 18.2 Å². The minimum Gasteiger partial charge on any atom is -0.398 e. The summed E-state index contributed by atoms with van der Waals surface area (Å²) in [5.74, 6) is 0.597. The summed E-state index contributed by atoms with van der Waals surface area (Å²) in [5.41, 5.74) is 6.92. The van der Waals surface area contributed by atoms with Crippen molar-refractivity contribution in [3.05, 3.63) is 28.8 Å². The van der Waals surface area contributed by atoms with Crippen molar-refractivity contribution >= 4 is 23.1 Å². The van der Waals surface area contributed by atoms with E-state index in [2.05, 4.69) is 13.8 Å². The van der Waals surface area contributed by atoms with Crippen LogP contribution in [0, 0.1) is 5.92 Å². The number of hydrogen-bond acceptors (Lipinski definition) is 2. The maximum atomic E-state index is 12.2. The largest absolute Gasteiger partial charge is 0.398 e. The number of carbonyl (C=O) groups excluding carboxylic acids is 1. The molecule has 2 nitrogen and oxygen atoms in total. The normalized spacial score (nSPS) is 12.4. The predicted octanol–water partition coefficient (Wildman–Crippen LogP) is 4.71. The van der Waals surface area contributed by atoms with Crippen molar-refractivity contribution in [3.63, 3.8) is 0 Å². The van der Waals surface area contributed by atoms with Crippen LogP contribution in [0.3, 0.4) is 0 Å². The summed E-state index contributed by atoms with van der Waals surface area (Å²) in [6.07, 6.45) is 5.10. The predicted molar refractivity (Wildman–Crippen MR) is 78.1 cm³/mol. The molecule has 1 aromatic rings. The van der Waals surface area contributed by atoms with Gasteiger partial charge in [0.2, 0.25) is 0 Å². The SMILES string of the molecule is CCCCC(CC)CC(=O)c1ccc(Cl)cc1N. The van der Waals surface area contributed by atoms with Crippen molar-refractivity contribution in [1.82, 2.24) is 0 Å². The number of hydrogen-bond donors (Lipinski definition) is 1. The Hall–Kier alpha value is -1.02. The lowest BCUT2D eigenvalue weighted by Crippen LogP contribution is -2.10. The lowest BCUT2D eigenvalue weighted by Gasteiger charge is -2.14. The van der Waals surface area contributed by atoms with Crippen LogP contribution >= 0.6 is 11.6 Å². The Kier molecular flexibility index (Phi) is 6.20. The van der Waals surface area contributed by atoms with Gasteiger partial charge in [-0.1, -0.05) is 51.1 Å². The minimum absolute atomic E-state index is 0.132. The van der Waals surface area contributed by atoms with Crippen LogP contribution in [0.5, 0.6) is 0 Å². The fraction of sp³-hybridized carbons (Fsp3) is 0.533. The third kappa shape index (κ3) is 4.34. The third-order valence-electron chi connectivity index (χ3n) is 3.33. The first-order valence-electron chi connectivity index (χ1n) is 6.66. The van der Waals surface area contributed by atoms with Crippen LogP contribution in [0.15, 0.2) is 18.2 Å². The average molecular weight is 268 g/mol. The molecule has 1 rings (SSSR count). The smallest absolute Gasteiger partial charge is 0.165 e. The average Bonchev–Trinajstić information content (AvgIpc) is 2.34. The summed E-state index contributed by atoms with van der Waals surface area (Å²) < 4.78 is 0. The van der Waals surface area contributed by atoms with Crippen molar-refractivity contribution < 1.29 is 4.79 Å². The number of Topliss-reactive ketones (excluding diaryl/α,β-unsaturated/α-hetero) is 1. The van der Waals surface area contributed by atoms with Crippen molar-refractivity contribution in [1.29, 1.82) is 0 Å². The molecular formula is C15H22ClNO. The van der Waals surface area contributed by atoms with Gasteiger partial charge in [0, 0.05) is 22.7 Å². The highest BCUT2D eigenvalue weighted by Crippen LogP contribution is 2.23. The number of nitrogen functional groups attached to an aromatic ring is 1. The van der Waals surface area contributed by atoms with Gasteiger partial charge in [0.05, 0.1) is 0 Å². The van der Waals surface area contributed by atoms with Crippen LogP contribution in [-0.4, -0.2) is 5.78 Å². The summed E-state index contributed by atoms with van der Waals surface area (Å²) in [6, 6.07) is 5.09. The molecule has 0 fully saturated rings. The van der Waals surface area contributed by atoms with Gasteiger partial charge < -0.3 is 5.73 Å². The Bertz CT molecular complexity index is 403. The lowest BCUT2D eigenvalue weighted by atomic mass is 9.91. The molecule has 0 radical (unpaired) electrons. The van der Waals surface area contributed by atoms with Gasteiger partial charge in [-0.15, -0.1) is 0 Å². The van der Waals surface area contributed by atoms with Crippen LogP contribution in [-0.2, 0) is 0 Å². The van der Waals surface area contributed by atoms with Gasteiger partial charge in [-0.05, 0) is 24.1 Å². The molecule has 0 saturated carbocycles. The Morgan fingerprint density at radius 2 is 2.11 bits per heavy atom.